The zero-order valence-corrected chi connectivity index (χ0v) is 37.8. The summed E-state index contributed by atoms with van der Waals surface area (Å²) >= 11 is 0. The Morgan fingerprint density at radius 1 is 0.491 bits per heavy atom. The zero-order valence-electron chi connectivity index (χ0n) is 37.8. The summed E-state index contributed by atoms with van der Waals surface area (Å²) in [5.74, 6) is -0.140. The van der Waals surface area contributed by atoms with Crippen molar-refractivity contribution >= 4 is 11.9 Å². The lowest BCUT2D eigenvalue weighted by Crippen LogP contribution is -2.45. The molecule has 0 saturated heterocycles. The second-order valence-corrected chi connectivity index (χ2v) is 16.8. The van der Waals surface area contributed by atoms with E-state index in [1.54, 1.807) is 6.08 Å². The molecule has 334 valence electrons. The van der Waals surface area contributed by atoms with Gasteiger partial charge < -0.3 is 20.3 Å². The van der Waals surface area contributed by atoms with Crippen LogP contribution in [0.5, 0.6) is 0 Å². The quantitative estimate of drug-likeness (QED) is 0.0324. The lowest BCUT2D eigenvalue weighted by Gasteiger charge is -2.20. The Morgan fingerprint density at radius 2 is 0.912 bits per heavy atom. The van der Waals surface area contributed by atoms with Crippen LogP contribution in [0.3, 0.4) is 0 Å². The van der Waals surface area contributed by atoms with E-state index < -0.39 is 12.1 Å². The number of ether oxygens (including phenoxy) is 1. The maximum atomic E-state index is 12.4. The third kappa shape index (κ3) is 43.5. The van der Waals surface area contributed by atoms with Gasteiger partial charge in [-0.3, -0.25) is 9.59 Å². The molecule has 2 atom stereocenters. The van der Waals surface area contributed by atoms with Crippen LogP contribution < -0.4 is 5.32 Å². The van der Waals surface area contributed by atoms with Crippen molar-refractivity contribution in [1.82, 2.24) is 5.32 Å². The molecule has 6 nitrogen and oxygen atoms in total. The highest BCUT2D eigenvalue weighted by Gasteiger charge is 2.18. The number of unbranched alkanes of at least 4 members (excludes halogenated alkanes) is 30. The maximum Gasteiger partial charge on any atom is 0.305 e. The minimum Gasteiger partial charge on any atom is -0.466 e. The van der Waals surface area contributed by atoms with Gasteiger partial charge in [-0.1, -0.05) is 217 Å². The van der Waals surface area contributed by atoms with Gasteiger partial charge in [0.05, 0.1) is 25.4 Å². The average Bonchev–Trinajstić information content (AvgIpc) is 3.21. The van der Waals surface area contributed by atoms with Gasteiger partial charge in [0.15, 0.2) is 0 Å². The van der Waals surface area contributed by atoms with Gasteiger partial charge in [0.25, 0.3) is 0 Å². The minimum absolute atomic E-state index is 0.0430. The van der Waals surface area contributed by atoms with Crippen molar-refractivity contribution in [3.05, 3.63) is 36.5 Å². The minimum atomic E-state index is -0.863. The molecule has 0 spiro atoms. The van der Waals surface area contributed by atoms with Crippen LogP contribution in [-0.4, -0.2) is 47.4 Å². The van der Waals surface area contributed by atoms with Crippen molar-refractivity contribution in [3.8, 4) is 0 Å². The van der Waals surface area contributed by atoms with Crippen LogP contribution in [0.25, 0.3) is 0 Å². The van der Waals surface area contributed by atoms with Crippen molar-refractivity contribution in [3.63, 3.8) is 0 Å². The Bertz CT molecular complexity index is 931. The molecule has 0 aliphatic heterocycles. The number of hydrogen-bond donors (Lipinski definition) is 3. The van der Waals surface area contributed by atoms with Gasteiger partial charge in [0.2, 0.25) is 5.91 Å². The fraction of sp³-hybridized carbons (Fsp3) is 0.843. The third-order valence-electron chi connectivity index (χ3n) is 11.1. The number of allylic oxidation sites excluding steroid dienone is 5. The van der Waals surface area contributed by atoms with E-state index in [1.165, 1.54) is 154 Å². The Balaban J connectivity index is 3.56. The highest BCUT2D eigenvalue weighted by Crippen LogP contribution is 2.15. The van der Waals surface area contributed by atoms with E-state index >= 15 is 0 Å². The molecule has 0 rings (SSSR count). The van der Waals surface area contributed by atoms with Gasteiger partial charge in [-0.05, 0) is 57.8 Å². The fourth-order valence-electron chi connectivity index (χ4n) is 7.32. The highest BCUT2D eigenvalue weighted by atomic mass is 16.5. The molecule has 0 saturated carbocycles. The van der Waals surface area contributed by atoms with Crippen LogP contribution in [0, 0.1) is 0 Å². The number of amides is 1. The Labute approximate surface area is 353 Å². The molecule has 6 heteroatoms. The van der Waals surface area contributed by atoms with Gasteiger partial charge in [-0.2, -0.15) is 0 Å². The maximum absolute atomic E-state index is 12.4. The molecule has 0 aromatic heterocycles. The van der Waals surface area contributed by atoms with E-state index in [-0.39, 0.29) is 18.5 Å². The number of aliphatic hydroxyl groups excluding tert-OH is 2. The predicted octanol–water partition coefficient (Wildman–Crippen LogP) is 14.5. The van der Waals surface area contributed by atoms with E-state index in [4.69, 9.17) is 4.74 Å². The Morgan fingerprint density at radius 3 is 1.40 bits per heavy atom. The molecular formula is C51H95NO5. The van der Waals surface area contributed by atoms with Crippen molar-refractivity contribution in [1.29, 1.82) is 0 Å². The van der Waals surface area contributed by atoms with Crippen molar-refractivity contribution in [2.45, 2.75) is 264 Å². The van der Waals surface area contributed by atoms with Crippen LogP contribution in [-0.2, 0) is 14.3 Å². The predicted molar refractivity (Wildman–Crippen MR) is 246 cm³/mol. The first-order valence-corrected chi connectivity index (χ1v) is 24.8. The zero-order chi connectivity index (χ0) is 41.5. The van der Waals surface area contributed by atoms with Crippen LogP contribution in [0.1, 0.15) is 251 Å². The molecule has 1 amide bonds. The van der Waals surface area contributed by atoms with Crippen LogP contribution in [0.2, 0.25) is 0 Å². The number of hydrogen-bond acceptors (Lipinski definition) is 5. The second-order valence-electron chi connectivity index (χ2n) is 16.8. The number of carbonyl (C=O) groups excluding carboxylic acids is 2. The molecule has 0 bridgehead atoms. The monoisotopic (exact) mass is 802 g/mol. The average molecular weight is 802 g/mol. The number of carbonyl (C=O) groups is 2. The van der Waals surface area contributed by atoms with E-state index in [2.05, 4.69) is 43.5 Å². The summed E-state index contributed by atoms with van der Waals surface area (Å²) in [5, 5.41) is 23.1. The highest BCUT2D eigenvalue weighted by molar-refractivity contribution is 5.76. The van der Waals surface area contributed by atoms with Gasteiger partial charge in [-0.15, -0.1) is 0 Å². The molecule has 0 fully saturated rings. The molecule has 0 aromatic rings. The summed E-state index contributed by atoms with van der Waals surface area (Å²) in [5.41, 5.74) is 0. The molecule has 57 heavy (non-hydrogen) atoms. The fourth-order valence-corrected chi connectivity index (χ4v) is 7.32. The molecule has 3 N–H and O–H groups in total. The molecule has 0 heterocycles. The summed E-state index contributed by atoms with van der Waals surface area (Å²) < 4.78 is 5.43. The SMILES string of the molecule is CCC/C=C\C/C=C\CCCCCCCC(=O)OCCCCCCCCCCCC(=O)NC(CO)C(O)/C=C/CCCCCCCCCCCCCCCCCC. The largest absolute Gasteiger partial charge is 0.466 e. The number of nitrogens with one attached hydrogen (secondary N) is 1. The molecule has 0 aromatic carbocycles. The van der Waals surface area contributed by atoms with E-state index in [0.29, 0.717) is 19.4 Å². The van der Waals surface area contributed by atoms with Crippen LogP contribution >= 0.6 is 0 Å². The first-order valence-electron chi connectivity index (χ1n) is 24.8. The van der Waals surface area contributed by atoms with Crippen LogP contribution in [0.15, 0.2) is 36.5 Å². The number of aliphatic hydroxyl groups is 2. The summed E-state index contributed by atoms with van der Waals surface area (Å²) in [4.78, 5) is 24.4. The summed E-state index contributed by atoms with van der Waals surface area (Å²) in [7, 11) is 0. The molecule has 0 radical (unpaired) electrons. The first kappa shape index (κ1) is 55.1. The molecule has 2 unspecified atom stereocenters. The van der Waals surface area contributed by atoms with Crippen molar-refractivity contribution < 1.29 is 24.5 Å². The lowest BCUT2D eigenvalue weighted by atomic mass is 10.0. The Hall–Kier alpha value is -1.92. The van der Waals surface area contributed by atoms with E-state index in [9.17, 15) is 19.8 Å². The van der Waals surface area contributed by atoms with Crippen LogP contribution in [0.4, 0.5) is 0 Å². The van der Waals surface area contributed by atoms with Gasteiger partial charge in [-0.25, -0.2) is 0 Å². The standard InChI is InChI=1S/C51H95NO5/c1-3-5-7-9-11-13-15-17-18-19-20-21-23-24-27-31-35-39-43-49(54)48(47-53)52-50(55)44-40-36-32-28-26-30-34-38-42-46-57-51(56)45-41-37-33-29-25-22-16-14-12-10-8-6-4-2/h8,10,14,16,39,43,48-49,53-54H,3-7,9,11-13,15,17-38,40-42,44-47H2,1-2H3,(H,52,55)/b10-8-,16-14-,43-39+. The smallest absolute Gasteiger partial charge is 0.305 e. The summed E-state index contributed by atoms with van der Waals surface area (Å²) in [6, 6.07) is -0.649. The summed E-state index contributed by atoms with van der Waals surface area (Å²) in [6.45, 7) is 4.76. The van der Waals surface area contributed by atoms with E-state index in [1.807, 2.05) is 6.08 Å². The first-order chi connectivity index (χ1) is 28.0. The van der Waals surface area contributed by atoms with E-state index in [0.717, 1.165) is 70.6 Å². The van der Waals surface area contributed by atoms with Crippen molar-refractivity contribution in [2.24, 2.45) is 0 Å². The van der Waals surface area contributed by atoms with Gasteiger partial charge in [0.1, 0.15) is 0 Å². The molecular weight excluding hydrogens is 707 g/mol. The lowest BCUT2D eigenvalue weighted by molar-refractivity contribution is -0.143. The van der Waals surface area contributed by atoms with Gasteiger partial charge >= 0.3 is 5.97 Å². The summed E-state index contributed by atoms with van der Waals surface area (Å²) in [6.07, 6.45) is 55.6. The number of rotatable bonds is 45. The second kappa shape index (κ2) is 46.8. The topological polar surface area (TPSA) is 95.9 Å². The van der Waals surface area contributed by atoms with Gasteiger partial charge in [0, 0.05) is 12.8 Å². The normalized spacial score (nSPS) is 13.0. The molecule has 0 aliphatic carbocycles. The third-order valence-corrected chi connectivity index (χ3v) is 11.1. The molecule has 0 aliphatic rings. The Kier molecular flexibility index (Phi) is 45.2. The van der Waals surface area contributed by atoms with Crippen molar-refractivity contribution in [2.75, 3.05) is 13.2 Å². The number of esters is 1.